The maximum Gasteiger partial charge on any atom is 0.230 e. The number of amides is 1. The zero-order chi connectivity index (χ0) is 16.1. The molecular formula is C16H20N2O4. The maximum absolute atomic E-state index is 11.9. The summed E-state index contributed by atoms with van der Waals surface area (Å²) in [5.74, 6) is 1.47. The number of ether oxygens (including phenoxy) is 1. The first-order valence-corrected chi connectivity index (χ1v) is 7.05. The Morgan fingerprint density at radius 1 is 1.45 bits per heavy atom. The molecule has 0 aliphatic rings. The van der Waals surface area contributed by atoms with E-state index in [1.807, 2.05) is 24.3 Å². The minimum atomic E-state index is -0.284. The van der Waals surface area contributed by atoms with E-state index in [0.717, 1.165) is 5.56 Å². The van der Waals surface area contributed by atoms with Crippen LogP contribution in [0.1, 0.15) is 18.4 Å². The number of aliphatic hydroxyl groups is 1. The lowest BCUT2D eigenvalue weighted by Gasteiger charge is -2.09. The van der Waals surface area contributed by atoms with Crippen molar-refractivity contribution in [1.29, 1.82) is 0 Å². The number of hydrogen-bond acceptors (Lipinski definition) is 5. The molecule has 22 heavy (non-hydrogen) atoms. The van der Waals surface area contributed by atoms with Crippen molar-refractivity contribution in [2.45, 2.75) is 26.3 Å². The van der Waals surface area contributed by atoms with Crippen LogP contribution in [0.15, 0.2) is 28.7 Å². The number of aliphatic hydroxyl groups excluding tert-OH is 1. The van der Waals surface area contributed by atoms with Crippen molar-refractivity contribution in [3.8, 4) is 17.2 Å². The van der Waals surface area contributed by atoms with Crippen LogP contribution in [-0.4, -0.2) is 35.8 Å². The molecule has 1 aromatic carbocycles. The van der Waals surface area contributed by atoms with Gasteiger partial charge in [0.2, 0.25) is 11.8 Å². The van der Waals surface area contributed by atoms with Gasteiger partial charge in [0, 0.05) is 6.04 Å². The number of benzene rings is 1. The Bertz CT molecular complexity index is 651. The van der Waals surface area contributed by atoms with Gasteiger partial charge in [0.15, 0.2) is 0 Å². The number of methoxy groups -OCH3 is 1. The predicted octanol–water partition coefficient (Wildman–Crippen LogP) is 1.70. The molecule has 1 aromatic heterocycles. The number of aryl methyl sites for hydroxylation is 1. The van der Waals surface area contributed by atoms with Gasteiger partial charge in [-0.2, -0.15) is 0 Å². The first-order chi connectivity index (χ1) is 10.5. The van der Waals surface area contributed by atoms with Crippen LogP contribution in [0.3, 0.4) is 0 Å². The molecule has 0 spiro atoms. The number of aromatic nitrogens is 1. The minimum Gasteiger partial charge on any atom is -0.496 e. The molecular weight excluding hydrogens is 284 g/mol. The molecule has 0 saturated heterocycles. The average molecular weight is 304 g/mol. The molecule has 2 aromatic rings. The van der Waals surface area contributed by atoms with Gasteiger partial charge in [0.1, 0.15) is 11.5 Å². The largest absolute Gasteiger partial charge is 0.496 e. The molecule has 0 bridgehead atoms. The summed E-state index contributed by atoms with van der Waals surface area (Å²) in [7, 11) is 1.58. The van der Waals surface area contributed by atoms with E-state index in [1.54, 1.807) is 21.0 Å². The molecule has 1 atom stereocenters. The standard InChI is InChI=1S/C16H20N2O4/c1-10(9-19)17-15(20)8-13-11(2)22-16(18-13)12-6-4-5-7-14(12)21-3/h4-7,10,19H,8-9H2,1-3H3,(H,17,20). The molecule has 118 valence electrons. The normalized spacial score (nSPS) is 12.0. The van der Waals surface area contributed by atoms with Crippen LogP contribution in [0.4, 0.5) is 0 Å². The molecule has 0 aliphatic heterocycles. The van der Waals surface area contributed by atoms with Gasteiger partial charge in [-0.1, -0.05) is 12.1 Å². The Hall–Kier alpha value is -2.34. The summed E-state index contributed by atoms with van der Waals surface area (Å²) >= 11 is 0. The molecule has 1 heterocycles. The van der Waals surface area contributed by atoms with Crippen molar-refractivity contribution in [3.05, 3.63) is 35.7 Å². The van der Waals surface area contributed by atoms with Crippen LogP contribution in [0.2, 0.25) is 0 Å². The second kappa shape index (κ2) is 7.09. The van der Waals surface area contributed by atoms with E-state index >= 15 is 0 Å². The van der Waals surface area contributed by atoms with Gasteiger partial charge < -0.3 is 19.6 Å². The van der Waals surface area contributed by atoms with Gasteiger partial charge in [-0.3, -0.25) is 4.79 Å². The summed E-state index contributed by atoms with van der Waals surface area (Å²) in [6.07, 6.45) is 0.106. The Morgan fingerprint density at radius 3 is 2.86 bits per heavy atom. The molecule has 6 nitrogen and oxygen atoms in total. The maximum atomic E-state index is 11.9. The van der Waals surface area contributed by atoms with Gasteiger partial charge >= 0.3 is 0 Å². The summed E-state index contributed by atoms with van der Waals surface area (Å²) in [4.78, 5) is 16.3. The van der Waals surface area contributed by atoms with E-state index < -0.39 is 0 Å². The lowest BCUT2D eigenvalue weighted by atomic mass is 10.2. The van der Waals surface area contributed by atoms with E-state index in [2.05, 4.69) is 10.3 Å². The highest BCUT2D eigenvalue weighted by Gasteiger charge is 2.17. The molecule has 0 saturated carbocycles. The highest BCUT2D eigenvalue weighted by Crippen LogP contribution is 2.30. The fourth-order valence-corrected chi connectivity index (χ4v) is 2.05. The second-order valence-corrected chi connectivity index (χ2v) is 5.05. The van der Waals surface area contributed by atoms with Crippen LogP contribution >= 0.6 is 0 Å². The Morgan fingerprint density at radius 2 is 2.18 bits per heavy atom. The topological polar surface area (TPSA) is 84.6 Å². The number of nitrogens with one attached hydrogen (secondary N) is 1. The van der Waals surface area contributed by atoms with E-state index in [9.17, 15) is 4.79 Å². The highest BCUT2D eigenvalue weighted by atomic mass is 16.5. The van der Waals surface area contributed by atoms with E-state index in [1.165, 1.54) is 0 Å². The lowest BCUT2D eigenvalue weighted by Crippen LogP contribution is -2.36. The van der Waals surface area contributed by atoms with Crippen LogP contribution in [0.25, 0.3) is 11.5 Å². The summed E-state index contributed by atoms with van der Waals surface area (Å²) in [6.45, 7) is 3.40. The number of carbonyl (C=O) groups is 1. The minimum absolute atomic E-state index is 0.101. The zero-order valence-electron chi connectivity index (χ0n) is 12.9. The van der Waals surface area contributed by atoms with Crippen molar-refractivity contribution in [3.63, 3.8) is 0 Å². The van der Waals surface area contributed by atoms with E-state index in [-0.39, 0.29) is 25.0 Å². The summed E-state index contributed by atoms with van der Waals surface area (Å²) in [5.41, 5.74) is 1.31. The third-order valence-corrected chi connectivity index (χ3v) is 3.24. The van der Waals surface area contributed by atoms with Crippen LogP contribution < -0.4 is 10.1 Å². The highest BCUT2D eigenvalue weighted by molar-refractivity contribution is 5.78. The number of hydrogen-bond donors (Lipinski definition) is 2. The first kappa shape index (κ1) is 16.0. The SMILES string of the molecule is COc1ccccc1-c1nc(CC(=O)NC(C)CO)c(C)o1. The number of carbonyl (C=O) groups excluding carboxylic acids is 1. The molecule has 2 rings (SSSR count). The van der Waals surface area contributed by atoms with Gasteiger partial charge in [-0.05, 0) is 26.0 Å². The summed E-state index contributed by atoms with van der Waals surface area (Å²) < 4.78 is 10.9. The first-order valence-electron chi connectivity index (χ1n) is 7.05. The summed E-state index contributed by atoms with van der Waals surface area (Å²) in [5, 5.41) is 11.6. The third-order valence-electron chi connectivity index (χ3n) is 3.24. The van der Waals surface area contributed by atoms with Crippen molar-refractivity contribution in [1.82, 2.24) is 10.3 Å². The molecule has 2 N–H and O–H groups in total. The van der Waals surface area contributed by atoms with Crippen LogP contribution in [0, 0.1) is 6.92 Å². The molecule has 0 aliphatic carbocycles. The average Bonchev–Trinajstić information content (AvgIpc) is 2.87. The fraction of sp³-hybridized carbons (Fsp3) is 0.375. The molecule has 0 fully saturated rings. The molecule has 1 unspecified atom stereocenters. The fourth-order valence-electron chi connectivity index (χ4n) is 2.05. The number of nitrogens with zero attached hydrogens (tertiary/aromatic N) is 1. The number of oxazole rings is 1. The van der Waals surface area contributed by atoms with Crippen molar-refractivity contribution < 1.29 is 19.1 Å². The molecule has 0 radical (unpaired) electrons. The third kappa shape index (κ3) is 3.65. The smallest absolute Gasteiger partial charge is 0.230 e. The van der Waals surface area contributed by atoms with E-state index in [4.69, 9.17) is 14.3 Å². The monoisotopic (exact) mass is 304 g/mol. The zero-order valence-corrected chi connectivity index (χ0v) is 12.9. The van der Waals surface area contributed by atoms with Crippen molar-refractivity contribution in [2.24, 2.45) is 0 Å². The Balaban J connectivity index is 2.19. The van der Waals surface area contributed by atoms with Gasteiger partial charge in [-0.15, -0.1) is 0 Å². The quantitative estimate of drug-likeness (QED) is 0.848. The van der Waals surface area contributed by atoms with Gasteiger partial charge in [0.25, 0.3) is 0 Å². The van der Waals surface area contributed by atoms with Crippen LogP contribution in [0.5, 0.6) is 5.75 Å². The Kier molecular flexibility index (Phi) is 5.16. The van der Waals surface area contributed by atoms with Crippen molar-refractivity contribution in [2.75, 3.05) is 13.7 Å². The van der Waals surface area contributed by atoms with Gasteiger partial charge in [0.05, 0.1) is 31.4 Å². The predicted molar refractivity (Wildman–Crippen MR) is 81.6 cm³/mol. The number of rotatable bonds is 6. The Labute approximate surface area is 129 Å². The van der Waals surface area contributed by atoms with Crippen molar-refractivity contribution >= 4 is 5.91 Å². The van der Waals surface area contributed by atoms with E-state index in [0.29, 0.717) is 23.1 Å². The molecule has 6 heteroatoms. The lowest BCUT2D eigenvalue weighted by molar-refractivity contribution is -0.121. The molecule has 1 amide bonds. The second-order valence-electron chi connectivity index (χ2n) is 5.05. The number of para-hydroxylation sites is 1. The van der Waals surface area contributed by atoms with Gasteiger partial charge in [-0.25, -0.2) is 4.98 Å². The van der Waals surface area contributed by atoms with Crippen LogP contribution in [-0.2, 0) is 11.2 Å². The summed E-state index contributed by atoms with van der Waals surface area (Å²) in [6, 6.07) is 7.12.